The molecule has 4 rings (SSSR count). The van der Waals surface area contributed by atoms with Crippen molar-refractivity contribution < 1.29 is 77.0 Å². The average Bonchev–Trinajstić information content (AvgIpc) is 3.40. The van der Waals surface area contributed by atoms with Gasteiger partial charge in [-0.2, -0.15) is 0 Å². The van der Waals surface area contributed by atoms with E-state index in [4.69, 9.17) is 18.9 Å². The van der Waals surface area contributed by atoms with Gasteiger partial charge in [-0.1, -0.05) is 13.2 Å². The third kappa shape index (κ3) is 7.01. The highest BCUT2D eigenvalue weighted by atomic mass is 16.6. The Labute approximate surface area is 243 Å². The molecule has 2 aliphatic heterocycles. The fourth-order valence-electron chi connectivity index (χ4n) is 5.18. The van der Waals surface area contributed by atoms with E-state index in [-0.39, 0.29) is 31.3 Å². The van der Waals surface area contributed by atoms with Crippen molar-refractivity contribution in [1.29, 1.82) is 0 Å². The lowest BCUT2D eigenvalue weighted by molar-refractivity contribution is -0.193. The van der Waals surface area contributed by atoms with Gasteiger partial charge >= 0.3 is 47.8 Å². The number of ether oxygens (including phenoxy) is 6. The largest absolute Gasteiger partial charge is 0.478 e. The zero-order chi connectivity index (χ0) is 32.1. The Kier molecular flexibility index (Phi) is 9.93. The van der Waals surface area contributed by atoms with E-state index in [9.17, 15) is 48.6 Å². The van der Waals surface area contributed by atoms with Crippen LogP contribution in [-0.4, -0.2) is 94.6 Å². The fourth-order valence-corrected chi connectivity index (χ4v) is 5.18. The van der Waals surface area contributed by atoms with Crippen LogP contribution in [0.5, 0.6) is 0 Å². The van der Waals surface area contributed by atoms with Crippen LogP contribution in [0.15, 0.2) is 24.8 Å². The smallest absolute Gasteiger partial charge is 0.352 e. The van der Waals surface area contributed by atoms with Crippen LogP contribution in [0.3, 0.4) is 0 Å². The molecule has 6 unspecified atom stereocenters. The third-order valence-corrected chi connectivity index (χ3v) is 7.37. The average molecular weight is 611 g/mol. The van der Waals surface area contributed by atoms with Gasteiger partial charge in [0.25, 0.3) is 0 Å². The third-order valence-electron chi connectivity index (χ3n) is 7.37. The Balaban J connectivity index is 0.000000236. The molecule has 6 atom stereocenters. The number of carboxylic acids is 2. The molecular formula is C27H30O16. The molecule has 2 heterocycles. The summed E-state index contributed by atoms with van der Waals surface area (Å²) in [5, 5.41) is 18.6. The van der Waals surface area contributed by atoms with Gasteiger partial charge in [-0.15, -0.1) is 0 Å². The first-order valence-corrected chi connectivity index (χ1v) is 13.1. The molecule has 16 heteroatoms. The summed E-state index contributed by atoms with van der Waals surface area (Å²) >= 11 is 0. The van der Waals surface area contributed by atoms with E-state index in [1.54, 1.807) is 0 Å². The number of fused-ring (bicyclic) bond motifs is 4. The Bertz CT molecular complexity index is 1250. The Hall–Kier alpha value is -4.76. The van der Waals surface area contributed by atoms with E-state index in [1.807, 2.05) is 0 Å². The molecule has 2 aliphatic carbocycles. The van der Waals surface area contributed by atoms with Crippen LogP contribution in [0.2, 0.25) is 0 Å². The molecule has 2 saturated carbocycles. The molecule has 4 fully saturated rings. The van der Waals surface area contributed by atoms with E-state index < -0.39 is 96.2 Å². The van der Waals surface area contributed by atoms with Crippen molar-refractivity contribution in [2.75, 3.05) is 13.2 Å². The minimum Gasteiger partial charge on any atom is -0.478 e. The van der Waals surface area contributed by atoms with Crippen molar-refractivity contribution in [3.63, 3.8) is 0 Å². The molecular weight excluding hydrogens is 580 g/mol. The quantitative estimate of drug-likeness (QED) is 0.188. The van der Waals surface area contributed by atoms with Crippen LogP contribution < -0.4 is 0 Å². The highest BCUT2D eigenvalue weighted by Crippen LogP contribution is 2.45. The van der Waals surface area contributed by atoms with Gasteiger partial charge in [-0.3, -0.25) is 9.59 Å². The summed E-state index contributed by atoms with van der Waals surface area (Å²) in [5.41, 5.74) is -3.55. The Morgan fingerprint density at radius 2 is 1.23 bits per heavy atom. The molecule has 16 nitrogen and oxygen atoms in total. The summed E-state index contributed by atoms with van der Waals surface area (Å²) in [5.74, 6) is -8.18. The molecule has 4 aliphatic rings. The summed E-state index contributed by atoms with van der Waals surface area (Å²) < 4.78 is 29.1. The van der Waals surface area contributed by atoms with Gasteiger partial charge < -0.3 is 38.6 Å². The standard InChI is InChI=1S/C14H16O8.C13H14O8/c1-7(2)11(16)20-6-10(15)21-9-4-3-8-5-14(9,13(18)19)22-12(8)17;1-2-9(14)19-6-10(15)20-8-4-3-7-5-13(8,12(17)18)21-11(7)16/h8-9H,1,3-6H2,2H3,(H,18,19);2,7-8H,1,3-6H2,(H,17,18). The van der Waals surface area contributed by atoms with E-state index in [0.29, 0.717) is 12.8 Å². The highest BCUT2D eigenvalue weighted by Gasteiger charge is 2.63. The zero-order valence-electron chi connectivity index (χ0n) is 23.1. The summed E-state index contributed by atoms with van der Waals surface area (Å²) in [7, 11) is 0. The first-order valence-electron chi connectivity index (χ1n) is 13.1. The first kappa shape index (κ1) is 32.8. The van der Waals surface area contributed by atoms with Gasteiger partial charge in [-0.05, 0) is 32.6 Å². The monoisotopic (exact) mass is 610 g/mol. The molecule has 0 aromatic heterocycles. The Morgan fingerprint density at radius 1 is 0.814 bits per heavy atom. The van der Waals surface area contributed by atoms with Gasteiger partial charge in [0.1, 0.15) is 0 Å². The second-order valence-corrected chi connectivity index (χ2v) is 10.3. The number of carbonyl (C=O) groups excluding carboxylic acids is 6. The van der Waals surface area contributed by atoms with Crippen LogP contribution in [0.4, 0.5) is 0 Å². The minimum absolute atomic E-state index is 0.0223. The van der Waals surface area contributed by atoms with Gasteiger partial charge in [0.05, 0.1) is 11.8 Å². The predicted octanol–water partition coefficient (Wildman–Crippen LogP) is 0.00550. The number of rotatable bonds is 10. The number of aliphatic carboxylic acids is 2. The van der Waals surface area contributed by atoms with E-state index in [1.165, 1.54) is 6.92 Å². The topological polar surface area (TPSA) is 232 Å². The number of hydrogen-bond donors (Lipinski definition) is 2. The number of hydrogen-bond acceptors (Lipinski definition) is 14. The SMILES string of the molecule is C=C(C)C(=O)OCC(=O)OC1CCC2CC1(C(=O)O)OC2=O.C=CC(=O)OCC(=O)OC1CCC2CC1(C(=O)O)OC2=O. The van der Waals surface area contributed by atoms with E-state index in [0.717, 1.165) is 6.08 Å². The molecule has 4 bridgehead atoms. The second-order valence-electron chi connectivity index (χ2n) is 10.3. The maximum absolute atomic E-state index is 11.7. The van der Waals surface area contributed by atoms with Crippen molar-refractivity contribution in [3.8, 4) is 0 Å². The molecule has 2 saturated heterocycles. The summed E-state index contributed by atoms with van der Waals surface area (Å²) in [6, 6.07) is 0. The lowest BCUT2D eigenvalue weighted by Gasteiger charge is -2.33. The summed E-state index contributed by atoms with van der Waals surface area (Å²) in [6.07, 6.45) is -0.175. The van der Waals surface area contributed by atoms with Crippen LogP contribution in [0.25, 0.3) is 0 Å². The van der Waals surface area contributed by atoms with Gasteiger partial charge in [0.15, 0.2) is 25.4 Å². The second kappa shape index (κ2) is 13.0. The molecule has 2 N–H and O–H groups in total. The van der Waals surface area contributed by atoms with Crippen LogP contribution in [-0.2, 0) is 66.8 Å². The van der Waals surface area contributed by atoms with Gasteiger partial charge in [0, 0.05) is 24.5 Å². The highest BCUT2D eigenvalue weighted by molar-refractivity contribution is 5.90. The molecule has 0 aromatic rings. The van der Waals surface area contributed by atoms with Crippen LogP contribution >= 0.6 is 0 Å². The van der Waals surface area contributed by atoms with Crippen molar-refractivity contribution >= 4 is 47.8 Å². The van der Waals surface area contributed by atoms with Crippen molar-refractivity contribution in [2.24, 2.45) is 11.8 Å². The summed E-state index contributed by atoms with van der Waals surface area (Å²) in [4.78, 5) is 91.3. The van der Waals surface area contributed by atoms with Crippen molar-refractivity contribution in [1.82, 2.24) is 0 Å². The lowest BCUT2D eigenvalue weighted by atomic mass is 9.78. The van der Waals surface area contributed by atoms with Gasteiger partial charge in [-0.25, -0.2) is 28.8 Å². The maximum Gasteiger partial charge on any atom is 0.352 e. The molecule has 43 heavy (non-hydrogen) atoms. The fraction of sp³-hybridized carbons (Fsp3) is 0.556. The van der Waals surface area contributed by atoms with Crippen LogP contribution in [0.1, 0.15) is 45.4 Å². The lowest BCUT2D eigenvalue weighted by Crippen LogP contribution is -2.53. The maximum atomic E-state index is 11.7. The number of carbonyl (C=O) groups is 8. The van der Waals surface area contributed by atoms with Crippen LogP contribution in [0, 0.1) is 11.8 Å². The molecule has 0 amide bonds. The first-order chi connectivity index (χ1) is 20.1. The van der Waals surface area contributed by atoms with Crippen molar-refractivity contribution in [2.45, 2.75) is 68.9 Å². The van der Waals surface area contributed by atoms with E-state index in [2.05, 4.69) is 22.6 Å². The number of esters is 6. The number of carboxylic acid groups (broad SMARTS) is 2. The van der Waals surface area contributed by atoms with Gasteiger partial charge in [0.2, 0.25) is 11.2 Å². The minimum atomic E-state index is -1.84. The zero-order valence-corrected chi connectivity index (χ0v) is 23.1. The van der Waals surface area contributed by atoms with Crippen molar-refractivity contribution in [3.05, 3.63) is 24.8 Å². The molecule has 0 spiro atoms. The predicted molar refractivity (Wildman–Crippen MR) is 134 cm³/mol. The Morgan fingerprint density at radius 3 is 1.60 bits per heavy atom. The molecule has 234 valence electrons. The van der Waals surface area contributed by atoms with E-state index >= 15 is 0 Å². The summed E-state index contributed by atoms with van der Waals surface area (Å²) in [6.45, 7) is 6.63. The molecule has 0 radical (unpaired) electrons. The normalized spacial score (nSPS) is 29.8. The molecule has 0 aromatic carbocycles.